The molecule has 4 aromatic rings. The number of phenols is 2. The van der Waals surface area contributed by atoms with Crippen molar-refractivity contribution >= 4 is 47.1 Å². The monoisotopic (exact) mass is 712 g/mol. The summed E-state index contributed by atoms with van der Waals surface area (Å²) in [6, 6.07) is 23.7. The van der Waals surface area contributed by atoms with Crippen LogP contribution in [0.3, 0.4) is 0 Å². The Morgan fingerprint density at radius 2 is 1.15 bits per heavy atom. The third-order valence-corrected chi connectivity index (χ3v) is 10.2. The normalized spacial score (nSPS) is 21.6. The maximum Gasteiger partial charge on any atom is 0.331 e. The molecule has 4 unspecified atom stereocenters. The van der Waals surface area contributed by atoms with Gasteiger partial charge in [0.05, 0.1) is 25.2 Å². The largest absolute Gasteiger partial charge is 0.508 e. The predicted octanol–water partition coefficient (Wildman–Crippen LogP) is 5.12. The maximum atomic E-state index is 13.3. The summed E-state index contributed by atoms with van der Waals surface area (Å²) in [5.74, 6) is -1.30. The summed E-state index contributed by atoms with van der Waals surface area (Å²) in [4.78, 5) is 55.6. The highest BCUT2D eigenvalue weighted by Crippen LogP contribution is 2.35. The van der Waals surface area contributed by atoms with Crippen molar-refractivity contribution in [1.29, 1.82) is 0 Å². The first-order valence-corrected chi connectivity index (χ1v) is 17.5. The average Bonchev–Trinajstić information content (AvgIpc) is 3.97. The Kier molecular flexibility index (Phi) is 9.11. The first kappa shape index (κ1) is 34.1. The summed E-state index contributed by atoms with van der Waals surface area (Å²) in [5, 5.41) is 19.1. The zero-order valence-electron chi connectivity index (χ0n) is 28.6. The molecule has 4 atom stereocenters. The van der Waals surface area contributed by atoms with Crippen molar-refractivity contribution < 1.29 is 43.6 Å². The summed E-state index contributed by atoms with van der Waals surface area (Å²) >= 11 is 0. The van der Waals surface area contributed by atoms with Crippen LogP contribution >= 0.6 is 0 Å². The second kappa shape index (κ2) is 14.2. The van der Waals surface area contributed by atoms with Crippen LogP contribution in [0.2, 0.25) is 0 Å². The van der Waals surface area contributed by atoms with Gasteiger partial charge in [-0.15, -0.1) is 0 Å². The van der Waals surface area contributed by atoms with Crippen LogP contribution in [-0.4, -0.2) is 78.4 Å². The van der Waals surface area contributed by atoms with E-state index in [9.17, 15) is 29.4 Å². The molecule has 2 N–H and O–H groups in total. The molecule has 2 amide bonds. The van der Waals surface area contributed by atoms with Gasteiger partial charge < -0.3 is 34.2 Å². The Hall–Kier alpha value is -6.04. The first-order chi connectivity index (χ1) is 25.7. The minimum absolute atomic E-state index is 0.100. The maximum absolute atomic E-state index is 13.3. The molecule has 0 radical (unpaired) electrons. The summed E-state index contributed by atoms with van der Waals surface area (Å²) in [6.07, 6.45) is 5.93. The van der Waals surface area contributed by atoms with E-state index in [-0.39, 0.29) is 42.3 Å². The molecule has 2 fully saturated rings. The van der Waals surface area contributed by atoms with Gasteiger partial charge in [-0.3, -0.25) is 14.4 Å². The lowest BCUT2D eigenvalue weighted by Gasteiger charge is -2.17. The number of hydrogen-bond acceptors (Lipinski definition) is 9. The number of nitrogens with zero attached hydrogens (tertiary/aromatic N) is 2. The fourth-order valence-electron chi connectivity index (χ4n) is 7.46. The lowest BCUT2D eigenvalue weighted by atomic mass is 9.96. The van der Waals surface area contributed by atoms with Crippen LogP contribution in [0, 0.1) is 5.92 Å². The summed E-state index contributed by atoms with van der Waals surface area (Å²) in [5.41, 5.74) is 6.25. The van der Waals surface area contributed by atoms with Crippen molar-refractivity contribution in [3.63, 3.8) is 0 Å². The van der Waals surface area contributed by atoms with Crippen LogP contribution in [0.1, 0.15) is 43.0 Å². The number of hydrogen-bond donors (Lipinski definition) is 2. The van der Waals surface area contributed by atoms with Crippen molar-refractivity contribution in [3.8, 4) is 11.5 Å². The molecular weight excluding hydrogens is 676 g/mol. The molecular formula is C42H36N2O9. The van der Waals surface area contributed by atoms with Gasteiger partial charge in [-0.25, -0.2) is 4.79 Å². The molecule has 4 aromatic carbocycles. The van der Waals surface area contributed by atoms with Gasteiger partial charge >= 0.3 is 5.97 Å². The number of rotatable bonds is 8. The standard InChI is InChI=1S/C42H36N2O9/c45-31-9-5-27(6-10-31)41(49)43-19-17-29-21-25(1-13-34(29)43)3-15-36(47)33-23-51-40-37(24-52-39(33)40)53-38(48)16-4-26-2-14-35-30(22-26)18-20-44(35)42(50)28-7-11-32(46)12-8-28/h1-16,21-22,33,37,39-40,45-46H,17-20,23-24H2/b15-3+,16-4+. The topological polar surface area (TPSA) is 143 Å². The third-order valence-electron chi connectivity index (χ3n) is 10.2. The Balaban J connectivity index is 0.841. The number of phenolic OH excluding ortho intramolecular Hbond substituents is 2. The van der Waals surface area contributed by atoms with E-state index >= 15 is 0 Å². The van der Waals surface area contributed by atoms with Crippen molar-refractivity contribution in [2.75, 3.05) is 36.1 Å². The smallest absolute Gasteiger partial charge is 0.331 e. The zero-order chi connectivity index (χ0) is 36.6. The van der Waals surface area contributed by atoms with Crippen molar-refractivity contribution in [1.82, 2.24) is 0 Å². The second-order valence-corrected chi connectivity index (χ2v) is 13.5. The number of benzene rings is 4. The number of aromatic hydroxyl groups is 2. The van der Waals surface area contributed by atoms with Crippen molar-refractivity contribution in [2.24, 2.45) is 5.92 Å². The number of fused-ring (bicyclic) bond motifs is 3. The van der Waals surface area contributed by atoms with Crippen LogP contribution < -0.4 is 9.80 Å². The predicted molar refractivity (Wildman–Crippen MR) is 196 cm³/mol. The molecule has 0 saturated carbocycles. The highest BCUT2D eigenvalue weighted by Gasteiger charge is 2.51. The van der Waals surface area contributed by atoms with Gasteiger partial charge in [0, 0.05) is 41.7 Å². The van der Waals surface area contributed by atoms with Gasteiger partial charge in [0.25, 0.3) is 11.8 Å². The molecule has 11 nitrogen and oxygen atoms in total. The van der Waals surface area contributed by atoms with Crippen LogP contribution in [-0.2, 0) is 36.6 Å². The number of carbonyl (C=O) groups is 4. The molecule has 8 rings (SSSR count). The molecule has 4 aliphatic rings. The highest BCUT2D eigenvalue weighted by atomic mass is 16.6. The summed E-state index contributed by atoms with van der Waals surface area (Å²) in [6.45, 7) is 1.36. The Morgan fingerprint density at radius 1 is 0.642 bits per heavy atom. The molecule has 2 saturated heterocycles. The molecule has 0 aromatic heterocycles. The van der Waals surface area contributed by atoms with E-state index in [2.05, 4.69) is 0 Å². The number of allylic oxidation sites excluding steroid dienone is 1. The quantitative estimate of drug-likeness (QED) is 0.188. The molecule has 0 aliphatic carbocycles. The molecule has 53 heavy (non-hydrogen) atoms. The number of esters is 1. The van der Waals surface area contributed by atoms with Gasteiger partial charge in [0.1, 0.15) is 17.6 Å². The summed E-state index contributed by atoms with van der Waals surface area (Å²) in [7, 11) is 0. The number of amides is 2. The van der Waals surface area contributed by atoms with Gasteiger partial charge in [0.2, 0.25) is 0 Å². The number of carbonyl (C=O) groups excluding carboxylic acids is 4. The van der Waals surface area contributed by atoms with E-state index in [1.165, 1.54) is 36.4 Å². The van der Waals surface area contributed by atoms with E-state index in [4.69, 9.17) is 14.2 Å². The molecule has 11 heteroatoms. The minimum atomic E-state index is -0.651. The van der Waals surface area contributed by atoms with Gasteiger partial charge in [-0.1, -0.05) is 18.2 Å². The van der Waals surface area contributed by atoms with E-state index < -0.39 is 30.2 Å². The third kappa shape index (κ3) is 6.84. The number of ketones is 1. The molecule has 4 aliphatic heterocycles. The molecule has 0 bridgehead atoms. The Morgan fingerprint density at radius 3 is 1.70 bits per heavy atom. The van der Waals surface area contributed by atoms with Crippen molar-refractivity contribution in [3.05, 3.63) is 130 Å². The molecule has 268 valence electrons. The Bertz CT molecular complexity index is 2160. The van der Waals surface area contributed by atoms with Gasteiger partial charge in [-0.05, 0) is 120 Å². The lowest BCUT2D eigenvalue weighted by Crippen LogP contribution is -2.34. The van der Waals surface area contributed by atoms with Gasteiger partial charge in [-0.2, -0.15) is 0 Å². The van der Waals surface area contributed by atoms with E-state index in [0.29, 0.717) is 37.1 Å². The first-order valence-electron chi connectivity index (χ1n) is 17.5. The fraction of sp³-hybridized carbons (Fsp3) is 0.238. The second-order valence-electron chi connectivity index (χ2n) is 13.5. The van der Waals surface area contributed by atoms with Crippen LogP contribution in [0.25, 0.3) is 12.2 Å². The highest BCUT2D eigenvalue weighted by molar-refractivity contribution is 6.08. The van der Waals surface area contributed by atoms with Crippen LogP contribution in [0.4, 0.5) is 11.4 Å². The van der Waals surface area contributed by atoms with Crippen molar-refractivity contribution in [2.45, 2.75) is 31.2 Å². The zero-order valence-corrected chi connectivity index (χ0v) is 28.6. The number of ether oxygens (including phenoxy) is 3. The van der Waals surface area contributed by atoms with Crippen LogP contribution in [0.5, 0.6) is 11.5 Å². The van der Waals surface area contributed by atoms with E-state index in [0.717, 1.165) is 33.6 Å². The molecule has 0 spiro atoms. The van der Waals surface area contributed by atoms with E-state index in [1.54, 1.807) is 46.2 Å². The fourth-order valence-corrected chi connectivity index (χ4v) is 7.46. The van der Waals surface area contributed by atoms with E-state index in [1.807, 2.05) is 36.4 Å². The number of anilines is 2. The van der Waals surface area contributed by atoms with Gasteiger partial charge in [0.15, 0.2) is 11.9 Å². The lowest BCUT2D eigenvalue weighted by molar-refractivity contribution is -0.147. The SMILES string of the molecule is O=C(/C=C/c1ccc2c(c1)CCN2C(=O)c1ccc(O)cc1)OC1COC2C(C(=O)/C=C/c3ccc4c(c3)CCN4C(=O)c3ccc(O)cc3)COC12. The minimum Gasteiger partial charge on any atom is -0.508 e. The Labute approximate surface area is 305 Å². The summed E-state index contributed by atoms with van der Waals surface area (Å²) < 4.78 is 17.5. The molecule has 4 heterocycles. The van der Waals surface area contributed by atoms with Crippen LogP contribution in [0.15, 0.2) is 97.1 Å². The average molecular weight is 713 g/mol.